The molecule has 1 unspecified atom stereocenters. The van der Waals surface area contributed by atoms with Crippen molar-refractivity contribution in [3.8, 4) is 0 Å². The van der Waals surface area contributed by atoms with Gasteiger partial charge in [-0.15, -0.1) is 0 Å². The number of aromatic nitrogens is 3. The Labute approximate surface area is 204 Å². The van der Waals surface area contributed by atoms with E-state index < -0.39 is 6.04 Å². The molecule has 0 aliphatic rings. The molecule has 0 aliphatic carbocycles. The summed E-state index contributed by atoms with van der Waals surface area (Å²) in [7, 11) is 0. The lowest BCUT2D eigenvalue weighted by molar-refractivity contribution is -0.144. The number of rotatable bonds is 8. The molecule has 0 amide bonds. The molecule has 2 aromatic heterocycles. The monoisotopic (exact) mass is 462 g/mol. The number of carbonyl (C=O) groups is 1. The standard InChI is InChI=1S/C29H26N4O2/c1-2-35-29(34)25(18-21-13-7-4-8-14-21)32-27-24(17-20-11-5-3-6-12-20)31-26-23-16-10-9-15-22(23)19-30-28(26)33-27/h3-16,19,25H,2,17-18H2,1H3,(H,30,32,33). The summed E-state index contributed by atoms with van der Waals surface area (Å²) in [6.45, 7) is 2.11. The molecule has 0 radical (unpaired) electrons. The van der Waals surface area contributed by atoms with Crippen LogP contribution in [-0.4, -0.2) is 33.6 Å². The Hall–Kier alpha value is -4.32. The molecule has 35 heavy (non-hydrogen) atoms. The summed E-state index contributed by atoms with van der Waals surface area (Å²) in [5.41, 5.74) is 4.17. The van der Waals surface area contributed by atoms with Gasteiger partial charge in [0.1, 0.15) is 11.6 Å². The highest BCUT2D eigenvalue weighted by Gasteiger charge is 2.23. The predicted octanol–water partition coefficient (Wildman–Crippen LogP) is 5.36. The Balaban J connectivity index is 1.59. The van der Waals surface area contributed by atoms with E-state index in [0.717, 1.165) is 33.1 Å². The van der Waals surface area contributed by atoms with Crippen molar-refractivity contribution in [3.63, 3.8) is 0 Å². The van der Waals surface area contributed by atoms with Crippen LogP contribution in [0.15, 0.2) is 91.1 Å². The Kier molecular flexibility index (Phi) is 6.61. The second-order valence-electron chi connectivity index (χ2n) is 8.34. The summed E-state index contributed by atoms with van der Waals surface area (Å²) in [6, 6.07) is 27.4. The third kappa shape index (κ3) is 5.11. The molecule has 1 N–H and O–H groups in total. The van der Waals surface area contributed by atoms with E-state index in [1.807, 2.05) is 79.7 Å². The smallest absolute Gasteiger partial charge is 0.328 e. The number of hydrogen-bond donors (Lipinski definition) is 1. The van der Waals surface area contributed by atoms with Gasteiger partial charge in [0, 0.05) is 29.8 Å². The number of nitrogens with one attached hydrogen (secondary N) is 1. The Morgan fingerprint density at radius 1 is 0.886 bits per heavy atom. The van der Waals surface area contributed by atoms with Crippen LogP contribution in [0.1, 0.15) is 23.7 Å². The molecule has 0 fully saturated rings. The van der Waals surface area contributed by atoms with Crippen LogP contribution < -0.4 is 5.32 Å². The van der Waals surface area contributed by atoms with Gasteiger partial charge in [0.15, 0.2) is 11.5 Å². The Morgan fingerprint density at radius 2 is 1.57 bits per heavy atom. The van der Waals surface area contributed by atoms with Gasteiger partial charge in [-0.3, -0.25) is 0 Å². The van der Waals surface area contributed by atoms with Gasteiger partial charge >= 0.3 is 5.97 Å². The molecule has 0 bridgehead atoms. The first-order valence-electron chi connectivity index (χ1n) is 11.8. The van der Waals surface area contributed by atoms with Crippen molar-refractivity contribution < 1.29 is 9.53 Å². The summed E-state index contributed by atoms with van der Waals surface area (Å²) in [5, 5.41) is 5.36. The second kappa shape index (κ2) is 10.3. The molecule has 5 aromatic rings. The third-order valence-corrected chi connectivity index (χ3v) is 5.87. The third-order valence-electron chi connectivity index (χ3n) is 5.87. The van der Waals surface area contributed by atoms with E-state index >= 15 is 0 Å². The predicted molar refractivity (Wildman–Crippen MR) is 138 cm³/mol. The van der Waals surface area contributed by atoms with Gasteiger partial charge in [0.2, 0.25) is 0 Å². The van der Waals surface area contributed by atoms with E-state index in [1.165, 1.54) is 0 Å². The number of pyridine rings is 1. The number of hydrogen-bond acceptors (Lipinski definition) is 6. The summed E-state index contributed by atoms with van der Waals surface area (Å²) < 4.78 is 5.39. The van der Waals surface area contributed by atoms with Crippen LogP contribution in [0.4, 0.5) is 5.82 Å². The summed E-state index contributed by atoms with van der Waals surface area (Å²) in [4.78, 5) is 27.3. The van der Waals surface area contributed by atoms with Gasteiger partial charge < -0.3 is 10.1 Å². The van der Waals surface area contributed by atoms with Gasteiger partial charge in [-0.1, -0.05) is 84.9 Å². The van der Waals surface area contributed by atoms with Gasteiger partial charge in [0.25, 0.3) is 0 Å². The highest BCUT2D eigenvalue weighted by Crippen LogP contribution is 2.26. The molecule has 0 spiro atoms. The van der Waals surface area contributed by atoms with E-state index in [1.54, 1.807) is 6.20 Å². The summed E-state index contributed by atoms with van der Waals surface area (Å²) >= 11 is 0. The van der Waals surface area contributed by atoms with Crippen LogP contribution in [0.25, 0.3) is 21.9 Å². The number of anilines is 1. The zero-order valence-electron chi connectivity index (χ0n) is 19.5. The normalized spacial score (nSPS) is 11.9. The van der Waals surface area contributed by atoms with E-state index in [-0.39, 0.29) is 5.97 Å². The lowest BCUT2D eigenvalue weighted by atomic mass is 10.0. The lowest BCUT2D eigenvalue weighted by Crippen LogP contribution is -2.34. The summed E-state index contributed by atoms with van der Waals surface area (Å²) in [5.74, 6) is 0.216. The van der Waals surface area contributed by atoms with Gasteiger partial charge in [-0.05, 0) is 18.1 Å². The first-order valence-corrected chi connectivity index (χ1v) is 11.8. The van der Waals surface area contributed by atoms with Crippen LogP contribution in [-0.2, 0) is 22.4 Å². The average Bonchev–Trinajstić information content (AvgIpc) is 2.90. The van der Waals surface area contributed by atoms with Gasteiger partial charge in [0.05, 0.1) is 12.3 Å². The number of carbonyl (C=O) groups excluding carboxylic acids is 1. The molecular formula is C29H26N4O2. The molecule has 0 aliphatic heterocycles. The minimum atomic E-state index is -0.612. The van der Waals surface area contributed by atoms with E-state index in [0.29, 0.717) is 30.9 Å². The van der Waals surface area contributed by atoms with Crippen molar-refractivity contribution in [2.45, 2.75) is 25.8 Å². The maximum atomic E-state index is 12.9. The van der Waals surface area contributed by atoms with Crippen molar-refractivity contribution in [2.24, 2.45) is 0 Å². The zero-order valence-corrected chi connectivity index (χ0v) is 19.5. The van der Waals surface area contributed by atoms with Crippen molar-refractivity contribution in [2.75, 3.05) is 11.9 Å². The lowest BCUT2D eigenvalue weighted by Gasteiger charge is -2.20. The highest BCUT2D eigenvalue weighted by atomic mass is 16.5. The van der Waals surface area contributed by atoms with Crippen LogP contribution in [0.5, 0.6) is 0 Å². The van der Waals surface area contributed by atoms with Gasteiger partial charge in [-0.2, -0.15) is 0 Å². The fraction of sp³-hybridized carbons (Fsp3) is 0.172. The Bertz CT molecular complexity index is 1460. The fourth-order valence-electron chi connectivity index (χ4n) is 4.17. The zero-order chi connectivity index (χ0) is 24.0. The molecule has 6 nitrogen and oxygen atoms in total. The number of ether oxygens (including phenoxy) is 1. The van der Waals surface area contributed by atoms with E-state index in [4.69, 9.17) is 14.7 Å². The van der Waals surface area contributed by atoms with Crippen LogP contribution >= 0.6 is 0 Å². The van der Waals surface area contributed by atoms with Crippen molar-refractivity contribution in [1.82, 2.24) is 15.0 Å². The number of nitrogens with zero attached hydrogens (tertiary/aromatic N) is 3. The minimum Gasteiger partial charge on any atom is -0.464 e. The molecule has 1 atom stereocenters. The summed E-state index contributed by atoms with van der Waals surface area (Å²) in [6.07, 6.45) is 2.84. The van der Waals surface area contributed by atoms with Crippen LogP contribution in [0, 0.1) is 0 Å². The molecule has 5 rings (SSSR count). The first kappa shape index (κ1) is 22.5. The molecule has 2 heterocycles. The SMILES string of the molecule is CCOC(=O)C(Cc1ccccc1)Nc1nc2ncc3ccccc3c2nc1Cc1ccccc1. The van der Waals surface area contributed by atoms with Crippen molar-refractivity contribution in [3.05, 3.63) is 108 Å². The molecular weight excluding hydrogens is 436 g/mol. The molecule has 0 saturated heterocycles. The Morgan fingerprint density at radius 3 is 2.31 bits per heavy atom. The second-order valence-corrected chi connectivity index (χ2v) is 8.34. The number of fused-ring (bicyclic) bond motifs is 3. The van der Waals surface area contributed by atoms with E-state index in [9.17, 15) is 4.79 Å². The molecule has 6 heteroatoms. The van der Waals surface area contributed by atoms with Crippen LogP contribution in [0.3, 0.4) is 0 Å². The number of esters is 1. The maximum absolute atomic E-state index is 12.9. The van der Waals surface area contributed by atoms with Crippen molar-refractivity contribution >= 4 is 33.7 Å². The largest absolute Gasteiger partial charge is 0.464 e. The number of benzene rings is 3. The van der Waals surface area contributed by atoms with E-state index in [2.05, 4.69) is 22.4 Å². The molecule has 174 valence electrons. The first-order chi connectivity index (χ1) is 17.2. The quantitative estimate of drug-likeness (QED) is 0.247. The average molecular weight is 463 g/mol. The topological polar surface area (TPSA) is 77.0 Å². The molecule has 0 saturated carbocycles. The van der Waals surface area contributed by atoms with Gasteiger partial charge in [-0.25, -0.2) is 19.7 Å². The van der Waals surface area contributed by atoms with Crippen LogP contribution in [0.2, 0.25) is 0 Å². The highest BCUT2D eigenvalue weighted by molar-refractivity contribution is 6.02. The minimum absolute atomic E-state index is 0.305. The maximum Gasteiger partial charge on any atom is 0.328 e. The molecule has 3 aromatic carbocycles. The van der Waals surface area contributed by atoms with Crippen molar-refractivity contribution in [1.29, 1.82) is 0 Å². The fourth-order valence-corrected chi connectivity index (χ4v) is 4.17.